The number of halogens is 3. The van der Waals surface area contributed by atoms with Crippen LogP contribution in [0.25, 0.3) is 0 Å². The Bertz CT molecular complexity index is 1430. The van der Waals surface area contributed by atoms with Crippen LogP contribution < -0.4 is 0 Å². The predicted octanol–water partition coefficient (Wildman–Crippen LogP) is 4.65. The molecule has 1 fully saturated rings. The Labute approximate surface area is 217 Å². The highest BCUT2D eigenvalue weighted by Gasteiger charge is 2.41. The van der Waals surface area contributed by atoms with Crippen molar-refractivity contribution < 1.29 is 31.3 Å². The van der Waals surface area contributed by atoms with E-state index in [0.29, 0.717) is 12.8 Å². The van der Waals surface area contributed by atoms with E-state index >= 15 is 0 Å². The highest BCUT2D eigenvalue weighted by Crippen LogP contribution is 2.32. The topological polar surface area (TPSA) is 101 Å². The smallest absolute Gasteiger partial charge is 0.333 e. The first-order chi connectivity index (χ1) is 18.0. The van der Waals surface area contributed by atoms with E-state index in [1.54, 1.807) is 0 Å². The predicted molar refractivity (Wildman–Crippen MR) is 132 cm³/mol. The van der Waals surface area contributed by atoms with E-state index in [-0.39, 0.29) is 18.7 Å². The van der Waals surface area contributed by atoms with Crippen molar-refractivity contribution in [3.8, 4) is 0 Å². The van der Waals surface area contributed by atoms with Gasteiger partial charge in [-0.15, -0.1) is 0 Å². The zero-order chi connectivity index (χ0) is 27.5. The summed E-state index contributed by atoms with van der Waals surface area (Å²) in [4.78, 5) is 24.8. The molecular weight excluding hydrogens is 523 g/mol. The van der Waals surface area contributed by atoms with Gasteiger partial charge in [0, 0.05) is 25.2 Å². The average Bonchev–Trinajstić information content (AvgIpc) is 2.89. The Morgan fingerprint density at radius 3 is 2.29 bits per heavy atom. The number of nitrogens with zero attached hydrogens (tertiary/aromatic N) is 3. The van der Waals surface area contributed by atoms with Crippen LogP contribution in [-0.2, 0) is 34.0 Å². The minimum absolute atomic E-state index is 0.137. The number of nitro benzene ring substituents is 1. The van der Waals surface area contributed by atoms with Crippen LogP contribution in [0.5, 0.6) is 0 Å². The fourth-order valence-corrected chi connectivity index (χ4v) is 6.06. The van der Waals surface area contributed by atoms with Crippen LogP contribution >= 0.6 is 0 Å². The number of piperazine rings is 1. The van der Waals surface area contributed by atoms with Crippen molar-refractivity contribution in [2.24, 2.45) is 0 Å². The standard InChI is InChI=1S/C26H24F3N3O5S/c27-26(28,29)21-10-6-9-20(15-21)16-31-22(14-13-19-7-2-1-3-8-19)17-30(18-25(31)33)38(36,37)24-12-5-4-11-23(24)32(34)35/h1-12,15,22H,13-14,16-18H2/t22-/m1/s1. The van der Waals surface area contributed by atoms with Crippen LogP contribution in [-0.4, -0.2) is 47.6 Å². The molecule has 1 heterocycles. The molecule has 0 aromatic heterocycles. The third-order valence-corrected chi connectivity index (χ3v) is 8.24. The van der Waals surface area contributed by atoms with E-state index in [2.05, 4.69) is 0 Å². The molecule has 38 heavy (non-hydrogen) atoms. The van der Waals surface area contributed by atoms with Gasteiger partial charge in [0.05, 0.1) is 17.0 Å². The first-order valence-corrected chi connectivity index (χ1v) is 13.1. The van der Waals surface area contributed by atoms with Crippen molar-refractivity contribution in [1.82, 2.24) is 9.21 Å². The zero-order valence-electron chi connectivity index (χ0n) is 20.0. The summed E-state index contributed by atoms with van der Waals surface area (Å²) in [5.41, 5.74) is -0.251. The molecule has 4 rings (SSSR count). The third kappa shape index (κ3) is 6.03. The van der Waals surface area contributed by atoms with E-state index in [1.165, 1.54) is 29.2 Å². The average molecular weight is 548 g/mol. The summed E-state index contributed by atoms with van der Waals surface area (Å²) < 4.78 is 67.5. The molecule has 0 radical (unpaired) electrons. The second kappa shape index (κ2) is 10.9. The molecule has 1 atom stereocenters. The Hall–Kier alpha value is -3.77. The largest absolute Gasteiger partial charge is 0.416 e. The summed E-state index contributed by atoms with van der Waals surface area (Å²) >= 11 is 0. The molecule has 3 aromatic rings. The molecule has 0 aliphatic carbocycles. The Balaban J connectivity index is 1.65. The molecule has 3 aromatic carbocycles. The molecule has 0 spiro atoms. The second-order valence-electron chi connectivity index (χ2n) is 8.92. The number of nitro groups is 1. The molecule has 0 bridgehead atoms. The molecule has 1 saturated heterocycles. The lowest BCUT2D eigenvalue weighted by Crippen LogP contribution is -2.57. The number of carbonyl (C=O) groups excluding carboxylic acids is 1. The first kappa shape index (κ1) is 27.3. The van der Waals surface area contributed by atoms with Crippen molar-refractivity contribution in [3.63, 3.8) is 0 Å². The summed E-state index contributed by atoms with van der Waals surface area (Å²) in [6.45, 7) is -0.886. The fourth-order valence-electron chi connectivity index (χ4n) is 4.48. The van der Waals surface area contributed by atoms with Gasteiger partial charge in [-0.3, -0.25) is 14.9 Å². The highest BCUT2D eigenvalue weighted by atomic mass is 32.2. The third-order valence-electron chi connectivity index (χ3n) is 6.38. The van der Waals surface area contributed by atoms with Gasteiger partial charge < -0.3 is 4.90 Å². The molecule has 0 saturated carbocycles. The number of hydrogen-bond donors (Lipinski definition) is 0. The Morgan fingerprint density at radius 2 is 1.61 bits per heavy atom. The monoisotopic (exact) mass is 547 g/mol. The SMILES string of the molecule is O=C1CN(S(=O)(=O)c2ccccc2[N+](=O)[O-])C[C@@H](CCc2ccccc2)N1Cc1cccc(C(F)(F)F)c1. The summed E-state index contributed by atoms with van der Waals surface area (Å²) in [5, 5.41) is 11.5. The Kier molecular flexibility index (Phi) is 7.83. The number of para-hydroxylation sites is 1. The fraction of sp³-hybridized carbons (Fsp3) is 0.269. The molecule has 200 valence electrons. The molecule has 1 aliphatic heterocycles. The van der Waals surface area contributed by atoms with Crippen molar-refractivity contribution in [1.29, 1.82) is 0 Å². The van der Waals surface area contributed by atoms with Crippen LogP contribution in [0.2, 0.25) is 0 Å². The van der Waals surface area contributed by atoms with Crippen molar-refractivity contribution >= 4 is 21.6 Å². The maximum Gasteiger partial charge on any atom is 0.416 e. The lowest BCUT2D eigenvalue weighted by Gasteiger charge is -2.40. The van der Waals surface area contributed by atoms with Gasteiger partial charge in [-0.1, -0.05) is 54.6 Å². The number of amides is 1. The quantitative estimate of drug-likeness (QED) is 0.302. The van der Waals surface area contributed by atoms with E-state index in [1.807, 2.05) is 30.3 Å². The van der Waals surface area contributed by atoms with Gasteiger partial charge in [0.2, 0.25) is 15.9 Å². The van der Waals surface area contributed by atoms with E-state index < -0.39 is 55.8 Å². The van der Waals surface area contributed by atoms with Crippen molar-refractivity contribution in [2.75, 3.05) is 13.1 Å². The lowest BCUT2D eigenvalue weighted by molar-refractivity contribution is -0.387. The number of hydrogen-bond acceptors (Lipinski definition) is 5. The highest BCUT2D eigenvalue weighted by molar-refractivity contribution is 7.89. The van der Waals surface area contributed by atoms with E-state index in [0.717, 1.165) is 34.1 Å². The number of benzene rings is 3. The minimum atomic E-state index is -4.55. The van der Waals surface area contributed by atoms with Crippen LogP contribution in [0, 0.1) is 10.1 Å². The Morgan fingerprint density at radius 1 is 0.947 bits per heavy atom. The van der Waals surface area contributed by atoms with Gasteiger partial charge in [-0.2, -0.15) is 17.5 Å². The second-order valence-corrected chi connectivity index (χ2v) is 10.8. The normalized spacial score (nSPS) is 17.0. The van der Waals surface area contributed by atoms with Gasteiger partial charge in [0.15, 0.2) is 4.90 Å². The van der Waals surface area contributed by atoms with Gasteiger partial charge in [-0.05, 0) is 42.2 Å². The van der Waals surface area contributed by atoms with Gasteiger partial charge in [-0.25, -0.2) is 8.42 Å². The van der Waals surface area contributed by atoms with Crippen LogP contribution in [0.1, 0.15) is 23.1 Å². The molecule has 1 aliphatic rings. The number of aryl methyl sites for hydroxylation is 1. The van der Waals surface area contributed by atoms with Gasteiger partial charge >= 0.3 is 6.18 Å². The number of carbonyl (C=O) groups is 1. The summed E-state index contributed by atoms with van der Waals surface area (Å²) in [5.74, 6) is -0.603. The van der Waals surface area contributed by atoms with Crippen LogP contribution in [0.15, 0.2) is 83.8 Å². The number of sulfonamides is 1. The number of rotatable bonds is 8. The van der Waals surface area contributed by atoms with E-state index in [9.17, 15) is 36.5 Å². The summed E-state index contributed by atoms with van der Waals surface area (Å²) in [7, 11) is -4.41. The summed E-state index contributed by atoms with van der Waals surface area (Å²) in [6, 6.07) is 18.1. The molecule has 8 nitrogen and oxygen atoms in total. The van der Waals surface area contributed by atoms with Crippen molar-refractivity contribution in [3.05, 3.63) is 106 Å². The maximum atomic E-state index is 13.4. The molecule has 0 N–H and O–H groups in total. The zero-order valence-corrected chi connectivity index (χ0v) is 20.9. The molecule has 0 unspecified atom stereocenters. The maximum absolute atomic E-state index is 13.4. The van der Waals surface area contributed by atoms with Gasteiger partial charge in [0.25, 0.3) is 5.69 Å². The minimum Gasteiger partial charge on any atom is -0.333 e. The van der Waals surface area contributed by atoms with Gasteiger partial charge in [0.1, 0.15) is 0 Å². The number of alkyl halides is 3. The molecule has 1 amide bonds. The molecular formula is C26H24F3N3O5S. The lowest BCUT2D eigenvalue weighted by atomic mass is 10.0. The first-order valence-electron chi connectivity index (χ1n) is 11.7. The van der Waals surface area contributed by atoms with E-state index in [4.69, 9.17) is 0 Å². The van der Waals surface area contributed by atoms with Crippen LogP contribution in [0.4, 0.5) is 18.9 Å². The summed E-state index contributed by atoms with van der Waals surface area (Å²) in [6.07, 6.45) is -3.74. The molecule has 12 heteroatoms. The van der Waals surface area contributed by atoms with Crippen molar-refractivity contribution in [2.45, 2.75) is 36.5 Å². The van der Waals surface area contributed by atoms with Crippen LogP contribution in [0.3, 0.4) is 0 Å².